The number of aromatic nitrogens is 4. The average Bonchev–Trinajstić information content (AvgIpc) is 2.87. The molecule has 0 aliphatic carbocycles. The van der Waals surface area contributed by atoms with E-state index in [9.17, 15) is 0 Å². The van der Waals surface area contributed by atoms with Crippen LogP contribution < -0.4 is 11.6 Å². The molecular formula is C12H20N6. The summed E-state index contributed by atoms with van der Waals surface area (Å²) >= 11 is 0. The molecule has 0 fully saturated rings. The van der Waals surface area contributed by atoms with Crippen molar-refractivity contribution >= 4 is 5.82 Å². The van der Waals surface area contributed by atoms with Crippen LogP contribution in [0.1, 0.15) is 38.9 Å². The Morgan fingerprint density at radius 3 is 2.67 bits per heavy atom. The molecule has 0 unspecified atom stereocenters. The highest BCUT2D eigenvalue weighted by Gasteiger charge is 2.17. The maximum Gasteiger partial charge on any atom is 0.150 e. The Kier molecular flexibility index (Phi) is 3.27. The molecule has 18 heavy (non-hydrogen) atoms. The van der Waals surface area contributed by atoms with Crippen molar-refractivity contribution < 1.29 is 0 Å². The van der Waals surface area contributed by atoms with Crippen molar-refractivity contribution in [3.05, 3.63) is 18.2 Å². The number of hydrogen-bond acceptors (Lipinski definition) is 4. The van der Waals surface area contributed by atoms with Crippen LogP contribution in [-0.4, -0.2) is 19.4 Å². The Morgan fingerprint density at radius 2 is 2.11 bits per heavy atom. The lowest BCUT2D eigenvalue weighted by Crippen LogP contribution is -2.16. The van der Waals surface area contributed by atoms with Gasteiger partial charge in [0.25, 0.3) is 0 Å². The third kappa shape index (κ3) is 2.05. The van der Waals surface area contributed by atoms with Crippen LogP contribution in [0.2, 0.25) is 0 Å². The number of nitrogen functional groups attached to an aromatic ring is 2. The van der Waals surface area contributed by atoms with Gasteiger partial charge in [0, 0.05) is 24.2 Å². The number of anilines is 1. The first-order valence-corrected chi connectivity index (χ1v) is 6.20. The van der Waals surface area contributed by atoms with Crippen LogP contribution in [0.25, 0.3) is 11.3 Å². The van der Waals surface area contributed by atoms with Gasteiger partial charge in [-0.2, -0.15) is 5.10 Å². The molecule has 0 saturated heterocycles. The molecule has 0 atom stereocenters. The maximum absolute atomic E-state index is 5.99. The van der Waals surface area contributed by atoms with Crippen LogP contribution >= 0.6 is 0 Å². The lowest BCUT2D eigenvalue weighted by molar-refractivity contribution is 0.603. The van der Waals surface area contributed by atoms with E-state index >= 15 is 0 Å². The van der Waals surface area contributed by atoms with Gasteiger partial charge in [0.15, 0.2) is 5.82 Å². The Bertz CT molecular complexity index is 537. The van der Waals surface area contributed by atoms with Crippen molar-refractivity contribution in [1.82, 2.24) is 19.4 Å². The molecule has 2 rings (SSSR count). The number of imidazole rings is 1. The molecule has 0 saturated carbocycles. The van der Waals surface area contributed by atoms with E-state index in [1.807, 2.05) is 24.7 Å². The van der Waals surface area contributed by atoms with Crippen molar-refractivity contribution in [2.75, 3.05) is 11.6 Å². The van der Waals surface area contributed by atoms with E-state index in [1.54, 1.807) is 6.20 Å². The highest BCUT2D eigenvalue weighted by atomic mass is 15.4. The largest absolute Gasteiger partial charge is 0.382 e. The van der Waals surface area contributed by atoms with Crippen LogP contribution in [0.3, 0.4) is 0 Å². The minimum atomic E-state index is 0.233. The third-order valence-electron chi connectivity index (χ3n) is 2.85. The molecule has 98 valence electrons. The topological polar surface area (TPSA) is 87.7 Å². The fraction of sp³-hybridized carbons (Fsp3) is 0.500. The van der Waals surface area contributed by atoms with E-state index in [0.717, 1.165) is 24.4 Å². The summed E-state index contributed by atoms with van der Waals surface area (Å²) in [5, 5.41) is 4.28. The van der Waals surface area contributed by atoms with E-state index in [2.05, 4.69) is 17.0 Å². The zero-order valence-corrected chi connectivity index (χ0v) is 11.1. The predicted octanol–water partition coefficient (Wildman–Crippen LogP) is 1.58. The summed E-state index contributed by atoms with van der Waals surface area (Å²) in [5.41, 5.74) is 7.62. The second-order valence-electron chi connectivity index (χ2n) is 4.72. The van der Waals surface area contributed by atoms with Gasteiger partial charge in [0.2, 0.25) is 0 Å². The summed E-state index contributed by atoms with van der Waals surface area (Å²) in [5.74, 6) is 7.41. The summed E-state index contributed by atoms with van der Waals surface area (Å²) in [4.78, 5) is 4.51. The van der Waals surface area contributed by atoms with Crippen molar-refractivity contribution in [2.45, 2.75) is 39.7 Å². The molecule has 6 heteroatoms. The first-order chi connectivity index (χ1) is 8.54. The summed E-state index contributed by atoms with van der Waals surface area (Å²) in [7, 11) is 0. The van der Waals surface area contributed by atoms with Gasteiger partial charge in [0.1, 0.15) is 11.5 Å². The van der Waals surface area contributed by atoms with Crippen LogP contribution in [-0.2, 0) is 6.54 Å². The van der Waals surface area contributed by atoms with Crippen LogP contribution in [0, 0.1) is 0 Å². The quantitative estimate of drug-likeness (QED) is 0.804. The van der Waals surface area contributed by atoms with E-state index in [4.69, 9.17) is 11.6 Å². The molecule has 2 aromatic rings. The van der Waals surface area contributed by atoms with Gasteiger partial charge in [-0.25, -0.2) is 9.66 Å². The van der Waals surface area contributed by atoms with Crippen molar-refractivity contribution in [3.63, 3.8) is 0 Å². The number of nitrogens with zero attached hydrogens (tertiary/aromatic N) is 4. The molecule has 6 nitrogen and oxygen atoms in total. The zero-order valence-electron chi connectivity index (χ0n) is 11.1. The van der Waals surface area contributed by atoms with Crippen molar-refractivity contribution in [1.29, 1.82) is 0 Å². The Labute approximate surface area is 107 Å². The monoisotopic (exact) mass is 248 g/mol. The van der Waals surface area contributed by atoms with E-state index in [1.165, 1.54) is 4.68 Å². The van der Waals surface area contributed by atoms with Crippen LogP contribution in [0.4, 0.5) is 5.82 Å². The van der Waals surface area contributed by atoms with Gasteiger partial charge >= 0.3 is 0 Å². The van der Waals surface area contributed by atoms with E-state index in [0.29, 0.717) is 11.5 Å². The zero-order chi connectivity index (χ0) is 13.3. The first-order valence-electron chi connectivity index (χ1n) is 6.20. The Morgan fingerprint density at radius 1 is 1.39 bits per heavy atom. The minimum Gasteiger partial charge on any atom is -0.382 e. The minimum absolute atomic E-state index is 0.233. The second-order valence-corrected chi connectivity index (χ2v) is 4.72. The summed E-state index contributed by atoms with van der Waals surface area (Å²) in [6.07, 6.45) is 4.77. The van der Waals surface area contributed by atoms with Crippen LogP contribution in [0.5, 0.6) is 0 Å². The second kappa shape index (κ2) is 4.72. The lowest BCUT2D eigenvalue weighted by Gasteiger charge is -2.04. The van der Waals surface area contributed by atoms with Gasteiger partial charge in [-0.15, -0.1) is 0 Å². The fourth-order valence-corrected chi connectivity index (χ4v) is 1.92. The number of rotatable bonds is 4. The molecule has 0 amide bonds. The molecule has 0 bridgehead atoms. The number of aryl methyl sites for hydroxylation is 1. The molecule has 0 aliphatic rings. The molecule has 4 N–H and O–H groups in total. The van der Waals surface area contributed by atoms with Gasteiger partial charge < -0.3 is 11.6 Å². The third-order valence-corrected chi connectivity index (χ3v) is 2.85. The molecule has 2 heterocycles. The van der Waals surface area contributed by atoms with E-state index < -0.39 is 0 Å². The highest BCUT2D eigenvalue weighted by Crippen LogP contribution is 2.27. The summed E-state index contributed by atoms with van der Waals surface area (Å²) < 4.78 is 3.34. The number of hydrogen-bond donors (Lipinski definition) is 2. The van der Waals surface area contributed by atoms with Crippen molar-refractivity contribution in [3.8, 4) is 11.3 Å². The fourth-order valence-electron chi connectivity index (χ4n) is 1.92. The average molecular weight is 248 g/mol. The SMILES string of the molecule is CCCn1cc(-c2nc(C(C)C)n(N)c2N)cn1. The van der Waals surface area contributed by atoms with Crippen LogP contribution in [0.15, 0.2) is 12.4 Å². The molecule has 2 aromatic heterocycles. The van der Waals surface area contributed by atoms with E-state index in [-0.39, 0.29) is 5.92 Å². The number of nitrogens with two attached hydrogens (primary N) is 2. The maximum atomic E-state index is 5.99. The standard InChI is InChI=1S/C12H20N6/c1-4-5-17-7-9(6-15-17)10-11(13)18(14)12(16-10)8(2)3/h6-8H,4-5,13-14H2,1-3H3. The molecular weight excluding hydrogens is 228 g/mol. The summed E-state index contributed by atoms with van der Waals surface area (Å²) in [6.45, 7) is 7.08. The van der Waals surface area contributed by atoms with Crippen molar-refractivity contribution in [2.24, 2.45) is 0 Å². The first kappa shape index (κ1) is 12.5. The van der Waals surface area contributed by atoms with Gasteiger partial charge in [-0.05, 0) is 6.42 Å². The highest BCUT2D eigenvalue weighted by molar-refractivity contribution is 5.70. The smallest absolute Gasteiger partial charge is 0.150 e. The van der Waals surface area contributed by atoms with Gasteiger partial charge in [-0.1, -0.05) is 20.8 Å². The molecule has 0 aromatic carbocycles. The lowest BCUT2D eigenvalue weighted by atomic mass is 10.2. The normalized spacial score (nSPS) is 11.3. The van der Waals surface area contributed by atoms with Gasteiger partial charge in [-0.3, -0.25) is 4.68 Å². The van der Waals surface area contributed by atoms with Gasteiger partial charge in [0.05, 0.1) is 6.20 Å². The Balaban J connectivity index is 2.40. The molecule has 0 radical (unpaired) electrons. The molecule has 0 aliphatic heterocycles. The predicted molar refractivity (Wildman–Crippen MR) is 72.4 cm³/mol. The molecule has 0 spiro atoms. The Hall–Kier alpha value is -1.98. The summed E-state index contributed by atoms with van der Waals surface area (Å²) in [6, 6.07) is 0.